The smallest absolute Gasteiger partial charge is 0.251 e. The second kappa shape index (κ2) is 9.92. The van der Waals surface area contributed by atoms with Gasteiger partial charge in [0.25, 0.3) is 5.91 Å². The first-order valence-electron chi connectivity index (χ1n) is 9.22. The van der Waals surface area contributed by atoms with Gasteiger partial charge < -0.3 is 15.0 Å². The molecule has 0 spiro atoms. The van der Waals surface area contributed by atoms with Crippen LogP contribution in [0.1, 0.15) is 34.9 Å². The number of hydrogen-bond donors (Lipinski definition) is 1. The van der Waals surface area contributed by atoms with Gasteiger partial charge in [-0.05, 0) is 30.2 Å². The Kier molecular flexibility index (Phi) is 7.31. The molecule has 1 heterocycles. The van der Waals surface area contributed by atoms with Gasteiger partial charge in [-0.1, -0.05) is 53.5 Å². The zero-order chi connectivity index (χ0) is 19.9. The van der Waals surface area contributed by atoms with Crippen LogP contribution in [0.5, 0.6) is 0 Å². The van der Waals surface area contributed by atoms with E-state index in [2.05, 4.69) is 5.32 Å². The van der Waals surface area contributed by atoms with E-state index in [0.717, 1.165) is 5.56 Å². The first-order valence-corrected chi connectivity index (χ1v) is 9.98. The van der Waals surface area contributed by atoms with Crippen LogP contribution in [-0.2, 0) is 9.53 Å². The van der Waals surface area contributed by atoms with Crippen LogP contribution in [0.15, 0.2) is 48.5 Å². The molecule has 7 heteroatoms. The first-order chi connectivity index (χ1) is 13.5. The third kappa shape index (κ3) is 5.47. The van der Waals surface area contributed by atoms with Crippen LogP contribution in [0.25, 0.3) is 0 Å². The molecule has 1 aliphatic heterocycles. The van der Waals surface area contributed by atoms with Crippen LogP contribution >= 0.6 is 23.2 Å². The number of amides is 2. The molecule has 1 unspecified atom stereocenters. The van der Waals surface area contributed by atoms with E-state index in [1.54, 1.807) is 12.1 Å². The van der Waals surface area contributed by atoms with Crippen molar-refractivity contribution in [3.63, 3.8) is 0 Å². The summed E-state index contributed by atoms with van der Waals surface area (Å²) < 4.78 is 5.80. The number of rotatable bonds is 6. The van der Waals surface area contributed by atoms with Crippen molar-refractivity contribution >= 4 is 35.0 Å². The van der Waals surface area contributed by atoms with Crippen molar-refractivity contribution in [2.45, 2.75) is 18.9 Å². The van der Waals surface area contributed by atoms with Crippen LogP contribution in [0.2, 0.25) is 10.0 Å². The van der Waals surface area contributed by atoms with Gasteiger partial charge in [-0.25, -0.2) is 0 Å². The summed E-state index contributed by atoms with van der Waals surface area (Å²) in [6.45, 7) is 2.09. The Morgan fingerprint density at radius 1 is 1.11 bits per heavy atom. The molecule has 1 saturated heterocycles. The van der Waals surface area contributed by atoms with Crippen LogP contribution in [0, 0.1) is 0 Å². The highest BCUT2D eigenvalue weighted by molar-refractivity contribution is 6.42. The summed E-state index contributed by atoms with van der Waals surface area (Å²) in [5.74, 6) is -0.158. The zero-order valence-corrected chi connectivity index (χ0v) is 16.9. The lowest BCUT2D eigenvalue weighted by Crippen LogP contribution is -2.42. The monoisotopic (exact) mass is 420 g/mol. The molecule has 2 amide bonds. The molecular formula is C21H22Cl2N2O3. The van der Waals surface area contributed by atoms with Crippen molar-refractivity contribution in [2.24, 2.45) is 0 Å². The zero-order valence-electron chi connectivity index (χ0n) is 15.4. The Bertz CT molecular complexity index is 830. The van der Waals surface area contributed by atoms with Gasteiger partial charge in [-0.3, -0.25) is 9.59 Å². The average Bonchev–Trinajstić information content (AvgIpc) is 2.73. The van der Waals surface area contributed by atoms with E-state index in [9.17, 15) is 9.59 Å². The van der Waals surface area contributed by atoms with E-state index in [4.69, 9.17) is 27.9 Å². The molecular weight excluding hydrogens is 399 g/mol. The highest BCUT2D eigenvalue weighted by atomic mass is 35.5. The summed E-state index contributed by atoms with van der Waals surface area (Å²) >= 11 is 11.8. The topological polar surface area (TPSA) is 58.6 Å². The van der Waals surface area contributed by atoms with Crippen molar-refractivity contribution in [2.75, 3.05) is 26.2 Å². The second-order valence-electron chi connectivity index (χ2n) is 6.60. The van der Waals surface area contributed by atoms with E-state index in [0.29, 0.717) is 54.7 Å². The normalized spacial score (nSPS) is 16.6. The fraction of sp³-hybridized carbons (Fsp3) is 0.333. The third-order valence-electron chi connectivity index (χ3n) is 4.63. The molecule has 0 bridgehead atoms. The fourth-order valence-corrected chi connectivity index (χ4v) is 3.38. The van der Waals surface area contributed by atoms with Crippen molar-refractivity contribution in [1.82, 2.24) is 10.2 Å². The Hall–Kier alpha value is -2.08. The van der Waals surface area contributed by atoms with Crippen molar-refractivity contribution in [1.29, 1.82) is 0 Å². The Morgan fingerprint density at radius 3 is 2.64 bits per heavy atom. The maximum atomic E-state index is 12.5. The van der Waals surface area contributed by atoms with Gasteiger partial charge in [0.2, 0.25) is 5.91 Å². The van der Waals surface area contributed by atoms with Gasteiger partial charge in [0.15, 0.2) is 0 Å². The summed E-state index contributed by atoms with van der Waals surface area (Å²) in [5, 5.41) is 3.55. The van der Waals surface area contributed by atoms with Crippen LogP contribution in [0.3, 0.4) is 0 Å². The number of nitrogens with zero attached hydrogens (tertiary/aromatic N) is 1. The number of ether oxygens (including phenoxy) is 1. The summed E-state index contributed by atoms with van der Waals surface area (Å²) in [6.07, 6.45) is 0.857. The van der Waals surface area contributed by atoms with E-state index >= 15 is 0 Å². The van der Waals surface area contributed by atoms with E-state index < -0.39 is 0 Å². The Labute approximate surface area is 174 Å². The number of halogens is 2. The molecule has 2 aromatic carbocycles. The Morgan fingerprint density at radius 2 is 1.89 bits per heavy atom. The number of benzene rings is 2. The number of hydrogen-bond acceptors (Lipinski definition) is 3. The number of morpholine rings is 1. The minimum Gasteiger partial charge on any atom is -0.370 e. The van der Waals surface area contributed by atoms with Gasteiger partial charge in [0.05, 0.1) is 23.2 Å². The molecule has 0 aromatic heterocycles. The van der Waals surface area contributed by atoms with Gasteiger partial charge in [0.1, 0.15) is 6.10 Å². The number of nitrogens with one attached hydrogen (secondary N) is 1. The number of carbonyl (C=O) groups is 2. The molecule has 0 saturated carbocycles. The summed E-state index contributed by atoms with van der Waals surface area (Å²) in [6, 6.07) is 14.7. The minimum atomic E-state index is -0.235. The minimum absolute atomic E-state index is 0.0769. The predicted molar refractivity (Wildman–Crippen MR) is 110 cm³/mol. The molecule has 0 aliphatic carbocycles. The molecule has 28 heavy (non-hydrogen) atoms. The summed E-state index contributed by atoms with van der Waals surface area (Å²) in [4.78, 5) is 26.5. The summed E-state index contributed by atoms with van der Waals surface area (Å²) in [5.41, 5.74) is 1.52. The third-order valence-corrected chi connectivity index (χ3v) is 5.36. The molecule has 1 atom stereocenters. The van der Waals surface area contributed by atoms with Crippen molar-refractivity contribution in [3.05, 3.63) is 69.7 Å². The van der Waals surface area contributed by atoms with Gasteiger partial charge in [-0.15, -0.1) is 0 Å². The maximum Gasteiger partial charge on any atom is 0.251 e. The Balaban J connectivity index is 1.42. The van der Waals surface area contributed by atoms with Gasteiger partial charge >= 0.3 is 0 Å². The quantitative estimate of drug-likeness (QED) is 0.715. The SMILES string of the molecule is O=C(NCCCC(=O)N1CCOC(c2ccccc2)C1)c1ccc(Cl)c(Cl)c1. The van der Waals surface area contributed by atoms with Crippen LogP contribution < -0.4 is 5.32 Å². The number of carbonyl (C=O) groups excluding carboxylic acids is 2. The largest absolute Gasteiger partial charge is 0.370 e. The lowest BCUT2D eigenvalue weighted by molar-refractivity contribution is -0.139. The molecule has 1 aliphatic rings. The molecule has 5 nitrogen and oxygen atoms in total. The molecule has 2 aromatic rings. The highest BCUT2D eigenvalue weighted by Gasteiger charge is 2.24. The molecule has 1 fully saturated rings. The standard InChI is InChI=1S/C21H22Cl2N2O3/c22-17-9-8-16(13-18(17)23)21(27)24-10-4-7-20(26)25-11-12-28-19(14-25)15-5-2-1-3-6-15/h1-3,5-6,8-9,13,19H,4,7,10-12,14H2,(H,24,27). The summed E-state index contributed by atoms with van der Waals surface area (Å²) in [7, 11) is 0. The fourth-order valence-electron chi connectivity index (χ4n) is 3.08. The average molecular weight is 421 g/mol. The van der Waals surface area contributed by atoms with Crippen LogP contribution in [-0.4, -0.2) is 43.0 Å². The van der Waals surface area contributed by atoms with E-state index in [1.807, 2.05) is 35.2 Å². The lowest BCUT2D eigenvalue weighted by atomic mass is 10.1. The van der Waals surface area contributed by atoms with Gasteiger partial charge in [-0.2, -0.15) is 0 Å². The molecule has 1 N–H and O–H groups in total. The van der Waals surface area contributed by atoms with Crippen molar-refractivity contribution in [3.8, 4) is 0 Å². The predicted octanol–water partition coefficient (Wildman–Crippen LogP) is 4.10. The second-order valence-corrected chi connectivity index (χ2v) is 7.41. The lowest BCUT2D eigenvalue weighted by Gasteiger charge is -2.33. The maximum absolute atomic E-state index is 12.5. The molecule has 0 radical (unpaired) electrons. The molecule has 3 rings (SSSR count). The van der Waals surface area contributed by atoms with Gasteiger partial charge in [0, 0.05) is 25.1 Å². The molecule has 148 valence electrons. The first kappa shape index (κ1) is 20.6. The van der Waals surface area contributed by atoms with E-state index in [-0.39, 0.29) is 17.9 Å². The van der Waals surface area contributed by atoms with Crippen LogP contribution in [0.4, 0.5) is 0 Å². The highest BCUT2D eigenvalue weighted by Crippen LogP contribution is 2.23. The van der Waals surface area contributed by atoms with E-state index in [1.165, 1.54) is 6.07 Å². The van der Waals surface area contributed by atoms with Crippen molar-refractivity contribution < 1.29 is 14.3 Å².